The van der Waals surface area contributed by atoms with E-state index in [0.717, 1.165) is 12.1 Å². The first-order valence-corrected chi connectivity index (χ1v) is 9.00. The van der Waals surface area contributed by atoms with Crippen molar-refractivity contribution in [3.8, 4) is 11.1 Å². The first-order valence-electron chi connectivity index (χ1n) is 9.00. The predicted molar refractivity (Wildman–Crippen MR) is 102 cm³/mol. The Morgan fingerprint density at radius 1 is 1.03 bits per heavy atom. The topological polar surface area (TPSA) is 22.0 Å². The van der Waals surface area contributed by atoms with Gasteiger partial charge in [0.1, 0.15) is 5.82 Å². The number of rotatable bonds is 4. The average Bonchev–Trinajstić information content (AvgIpc) is 2.95. The normalized spacial score (nSPS) is 12.6. The zero-order valence-electron chi connectivity index (χ0n) is 16.2. The number of hydrogen-bond acceptors (Lipinski definition) is 1. The smallest absolute Gasteiger partial charge is 0.346 e. The van der Waals surface area contributed by atoms with E-state index in [1.807, 2.05) is 20.8 Å². The summed E-state index contributed by atoms with van der Waals surface area (Å²) < 4.78 is 69.8. The minimum atomic E-state index is -4.65. The standard InChI is InChI=1S/C22H20F5NO/c1-21(2,3)12-28-11-16(20(29)10-23)15-8-18(24)14(9-19(15)28)13-6-4-5-7-17(13)22(25,26)27/h4-9,11H,10,12H2,1-3H3. The molecule has 3 aromatic rings. The van der Waals surface area contributed by atoms with Crippen LogP contribution >= 0.6 is 0 Å². The van der Waals surface area contributed by atoms with Crippen molar-refractivity contribution in [1.29, 1.82) is 0 Å². The molecule has 0 unspecified atom stereocenters. The van der Waals surface area contributed by atoms with Crippen LogP contribution in [-0.2, 0) is 12.7 Å². The van der Waals surface area contributed by atoms with E-state index in [4.69, 9.17) is 0 Å². The molecule has 0 bridgehead atoms. The summed E-state index contributed by atoms with van der Waals surface area (Å²) in [6.07, 6.45) is -3.21. The third kappa shape index (κ3) is 4.18. The maximum atomic E-state index is 14.9. The number of aromatic nitrogens is 1. The molecule has 0 saturated heterocycles. The summed E-state index contributed by atoms with van der Waals surface area (Å²) >= 11 is 0. The maximum absolute atomic E-state index is 14.9. The highest BCUT2D eigenvalue weighted by Crippen LogP contribution is 2.39. The van der Waals surface area contributed by atoms with Crippen LogP contribution in [-0.4, -0.2) is 17.0 Å². The highest BCUT2D eigenvalue weighted by atomic mass is 19.4. The number of carbonyl (C=O) groups is 1. The quantitative estimate of drug-likeness (QED) is 0.349. The highest BCUT2D eigenvalue weighted by molar-refractivity contribution is 6.09. The number of fused-ring (bicyclic) bond motifs is 1. The first kappa shape index (κ1) is 21.0. The van der Waals surface area contributed by atoms with Gasteiger partial charge in [-0.3, -0.25) is 4.79 Å². The fraction of sp³-hybridized carbons (Fsp3) is 0.318. The van der Waals surface area contributed by atoms with Crippen molar-refractivity contribution in [3.05, 3.63) is 59.5 Å². The second-order valence-electron chi connectivity index (χ2n) is 8.18. The van der Waals surface area contributed by atoms with Crippen LogP contribution in [0, 0.1) is 11.2 Å². The summed E-state index contributed by atoms with van der Waals surface area (Å²) in [6.45, 7) is 5.00. The number of Topliss-reactive ketones (excluding diaryl/α,β-unsaturated/α-hetero) is 1. The fourth-order valence-corrected chi connectivity index (χ4v) is 3.42. The molecule has 0 atom stereocenters. The number of carbonyl (C=O) groups excluding carboxylic acids is 1. The van der Waals surface area contributed by atoms with Gasteiger partial charge in [-0.1, -0.05) is 39.0 Å². The number of halogens is 5. The molecular formula is C22H20F5NO. The Balaban J connectivity index is 2.31. The Bertz CT molecular complexity index is 1070. The van der Waals surface area contributed by atoms with Crippen molar-refractivity contribution >= 4 is 16.7 Å². The third-order valence-electron chi connectivity index (χ3n) is 4.56. The van der Waals surface area contributed by atoms with Crippen LogP contribution in [0.25, 0.3) is 22.0 Å². The summed E-state index contributed by atoms with van der Waals surface area (Å²) in [5.41, 5.74) is -1.31. The number of hydrogen-bond donors (Lipinski definition) is 0. The van der Waals surface area contributed by atoms with Crippen LogP contribution in [0.4, 0.5) is 22.0 Å². The number of benzene rings is 2. The van der Waals surface area contributed by atoms with Gasteiger partial charge in [-0.15, -0.1) is 0 Å². The molecule has 0 amide bonds. The van der Waals surface area contributed by atoms with E-state index in [9.17, 15) is 26.7 Å². The van der Waals surface area contributed by atoms with Gasteiger partial charge in [0.05, 0.1) is 5.56 Å². The lowest BCUT2D eigenvalue weighted by Crippen LogP contribution is -2.14. The Morgan fingerprint density at radius 3 is 2.28 bits per heavy atom. The SMILES string of the molecule is CC(C)(C)Cn1cc(C(=O)CF)c2cc(F)c(-c3ccccc3C(F)(F)F)cc21. The van der Waals surface area contributed by atoms with Crippen molar-refractivity contribution in [3.63, 3.8) is 0 Å². The van der Waals surface area contributed by atoms with Gasteiger partial charge in [-0.2, -0.15) is 13.2 Å². The Labute approximate surface area is 164 Å². The van der Waals surface area contributed by atoms with E-state index < -0.39 is 30.0 Å². The molecule has 0 spiro atoms. The van der Waals surface area contributed by atoms with Crippen LogP contribution in [0.1, 0.15) is 36.7 Å². The molecule has 1 heterocycles. The van der Waals surface area contributed by atoms with Gasteiger partial charge in [0, 0.05) is 34.8 Å². The summed E-state index contributed by atoms with van der Waals surface area (Å²) in [4.78, 5) is 12.0. The fourth-order valence-electron chi connectivity index (χ4n) is 3.42. The van der Waals surface area contributed by atoms with E-state index in [0.29, 0.717) is 12.1 Å². The second-order valence-corrected chi connectivity index (χ2v) is 8.18. The molecular weight excluding hydrogens is 389 g/mol. The highest BCUT2D eigenvalue weighted by Gasteiger charge is 2.34. The molecule has 0 aliphatic carbocycles. The molecule has 0 saturated carbocycles. The Kier molecular flexibility index (Phi) is 5.28. The number of alkyl halides is 4. The predicted octanol–water partition coefficient (Wildman–Crippen LogP) is 6.66. The molecule has 154 valence electrons. The second kappa shape index (κ2) is 7.28. The first-order chi connectivity index (χ1) is 13.4. The summed E-state index contributed by atoms with van der Waals surface area (Å²) in [5, 5.41) is 0.183. The molecule has 1 aromatic heterocycles. The van der Waals surface area contributed by atoms with E-state index in [1.54, 1.807) is 4.57 Å². The molecule has 0 fully saturated rings. The molecule has 0 radical (unpaired) electrons. The van der Waals surface area contributed by atoms with Crippen LogP contribution < -0.4 is 0 Å². The van der Waals surface area contributed by atoms with E-state index in [2.05, 4.69) is 0 Å². The van der Waals surface area contributed by atoms with Crippen LogP contribution in [0.3, 0.4) is 0 Å². The monoisotopic (exact) mass is 409 g/mol. The minimum Gasteiger partial charge on any atom is -0.346 e. The van der Waals surface area contributed by atoms with Gasteiger partial charge in [0.2, 0.25) is 0 Å². The summed E-state index contributed by atoms with van der Waals surface area (Å²) in [5.74, 6) is -1.71. The van der Waals surface area contributed by atoms with Crippen LogP contribution in [0.2, 0.25) is 0 Å². The zero-order valence-corrected chi connectivity index (χ0v) is 16.2. The van der Waals surface area contributed by atoms with Crippen molar-refractivity contribution in [1.82, 2.24) is 4.57 Å². The third-order valence-corrected chi connectivity index (χ3v) is 4.56. The molecule has 2 aromatic carbocycles. The number of nitrogens with zero attached hydrogens (tertiary/aromatic N) is 1. The van der Waals surface area contributed by atoms with Gasteiger partial charge >= 0.3 is 6.18 Å². The molecule has 29 heavy (non-hydrogen) atoms. The lowest BCUT2D eigenvalue weighted by molar-refractivity contribution is -0.137. The Morgan fingerprint density at radius 2 is 1.69 bits per heavy atom. The van der Waals surface area contributed by atoms with Crippen LogP contribution in [0.5, 0.6) is 0 Å². The molecule has 0 aliphatic rings. The lowest BCUT2D eigenvalue weighted by Gasteiger charge is -2.20. The lowest BCUT2D eigenvalue weighted by atomic mass is 9.96. The van der Waals surface area contributed by atoms with E-state index in [-0.39, 0.29) is 27.5 Å². The van der Waals surface area contributed by atoms with Gasteiger partial charge in [-0.05, 0) is 29.2 Å². The maximum Gasteiger partial charge on any atom is 0.417 e. The van der Waals surface area contributed by atoms with Crippen molar-refractivity contribution in [2.75, 3.05) is 6.67 Å². The van der Waals surface area contributed by atoms with Gasteiger partial charge < -0.3 is 4.57 Å². The van der Waals surface area contributed by atoms with E-state index >= 15 is 0 Å². The Hall–Kier alpha value is -2.70. The van der Waals surface area contributed by atoms with Gasteiger partial charge in [0.15, 0.2) is 12.5 Å². The van der Waals surface area contributed by atoms with Crippen molar-refractivity contribution in [2.45, 2.75) is 33.5 Å². The van der Waals surface area contributed by atoms with Crippen LogP contribution in [0.15, 0.2) is 42.6 Å². The molecule has 2 nitrogen and oxygen atoms in total. The van der Waals surface area contributed by atoms with Crippen molar-refractivity contribution < 1.29 is 26.7 Å². The largest absolute Gasteiger partial charge is 0.417 e. The zero-order chi connectivity index (χ0) is 21.6. The molecule has 0 aliphatic heterocycles. The van der Waals surface area contributed by atoms with E-state index in [1.165, 1.54) is 30.5 Å². The molecule has 7 heteroatoms. The molecule has 3 rings (SSSR count). The van der Waals surface area contributed by atoms with Crippen molar-refractivity contribution in [2.24, 2.45) is 5.41 Å². The minimum absolute atomic E-state index is 0.0151. The summed E-state index contributed by atoms with van der Waals surface area (Å²) in [6, 6.07) is 7.06. The summed E-state index contributed by atoms with van der Waals surface area (Å²) in [7, 11) is 0. The van der Waals surface area contributed by atoms with Gasteiger partial charge in [-0.25, -0.2) is 8.78 Å². The number of ketones is 1. The molecule has 0 N–H and O–H groups in total. The average molecular weight is 409 g/mol. The van der Waals surface area contributed by atoms with Gasteiger partial charge in [0.25, 0.3) is 0 Å².